The largest absolute Gasteiger partial charge is 0.0882 e. The van der Waals surface area contributed by atoms with Gasteiger partial charge in [0, 0.05) is 0 Å². The molecule has 0 fully saturated rings. The zero-order valence-corrected chi connectivity index (χ0v) is 7.64. The third-order valence-corrected chi connectivity index (χ3v) is 2.58. The number of hydrogen-bond acceptors (Lipinski definition) is 0. The second-order valence-electron chi connectivity index (χ2n) is 3.66. The molecule has 0 heteroatoms. The van der Waals surface area contributed by atoms with Crippen LogP contribution in [0.25, 0.3) is 0 Å². The van der Waals surface area contributed by atoms with Crippen molar-refractivity contribution in [2.75, 3.05) is 0 Å². The zero-order valence-electron chi connectivity index (χ0n) is 7.64. The van der Waals surface area contributed by atoms with Gasteiger partial charge in [-0.2, -0.15) is 0 Å². The van der Waals surface area contributed by atoms with Crippen molar-refractivity contribution in [2.24, 2.45) is 5.41 Å². The highest BCUT2D eigenvalue weighted by molar-refractivity contribution is 5.04. The number of hydrogen-bond donors (Lipinski definition) is 0. The van der Waals surface area contributed by atoms with Gasteiger partial charge in [0.05, 0.1) is 0 Å². The van der Waals surface area contributed by atoms with Gasteiger partial charge < -0.3 is 0 Å². The summed E-state index contributed by atoms with van der Waals surface area (Å²) >= 11 is 0. The standard InChI is InChI=1S/C11H18/c1-3-11(2)9-7-5-4-6-8-10-11/h5,7-8,10H,3-4,6,9H2,1-2H3. The van der Waals surface area contributed by atoms with Gasteiger partial charge in [0.2, 0.25) is 0 Å². The highest BCUT2D eigenvalue weighted by Gasteiger charge is 2.16. The molecule has 1 atom stereocenters. The van der Waals surface area contributed by atoms with Crippen molar-refractivity contribution in [3.63, 3.8) is 0 Å². The van der Waals surface area contributed by atoms with Gasteiger partial charge in [-0.15, -0.1) is 0 Å². The Labute approximate surface area is 70.0 Å². The minimum atomic E-state index is 0.428. The highest BCUT2D eigenvalue weighted by Crippen LogP contribution is 2.29. The Morgan fingerprint density at radius 2 is 1.91 bits per heavy atom. The third-order valence-electron chi connectivity index (χ3n) is 2.58. The summed E-state index contributed by atoms with van der Waals surface area (Å²) in [6.07, 6.45) is 14.2. The Balaban J connectivity index is 2.62. The molecule has 11 heavy (non-hydrogen) atoms. The molecule has 0 heterocycles. The summed E-state index contributed by atoms with van der Waals surface area (Å²) in [6, 6.07) is 0. The predicted molar refractivity (Wildman–Crippen MR) is 50.5 cm³/mol. The molecule has 0 radical (unpaired) electrons. The van der Waals surface area contributed by atoms with E-state index in [4.69, 9.17) is 0 Å². The summed E-state index contributed by atoms with van der Waals surface area (Å²) in [6.45, 7) is 4.60. The van der Waals surface area contributed by atoms with Crippen LogP contribution in [0.4, 0.5) is 0 Å². The topological polar surface area (TPSA) is 0 Å². The van der Waals surface area contributed by atoms with E-state index in [2.05, 4.69) is 38.2 Å². The third kappa shape index (κ3) is 2.53. The van der Waals surface area contributed by atoms with Crippen LogP contribution < -0.4 is 0 Å². The Bertz CT molecular complexity index is 165. The molecule has 0 aromatic rings. The van der Waals surface area contributed by atoms with Crippen molar-refractivity contribution in [1.29, 1.82) is 0 Å². The molecular formula is C11H18. The van der Waals surface area contributed by atoms with Gasteiger partial charge in [0.15, 0.2) is 0 Å². The van der Waals surface area contributed by atoms with Gasteiger partial charge in [-0.3, -0.25) is 0 Å². The van der Waals surface area contributed by atoms with E-state index in [1.807, 2.05) is 0 Å². The van der Waals surface area contributed by atoms with E-state index in [9.17, 15) is 0 Å². The fraction of sp³-hybridized carbons (Fsp3) is 0.636. The van der Waals surface area contributed by atoms with E-state index in [-0.39, 0.29) is 0 Å². The van der Waals surface area contributed by atoms with Crippen molar-refractivity contribution in [1.82, 2.24) is 0 Å². The molecule has 0 aromatic heterocycles. The molecule has 0 N–H and O–H groups in total. The van der Waals surface area contributed by atoms with Crippen molar-refractivity contribution in [3.05, 3.63) is 24.3 Å². The van der Waals surface area contributed by atoms with Gasteiger partial charge in [-0.05, 0) is 31.1 Å². The van der Waals surface area contributed by atoms with Crippen LogP contribution in [0.1, 0.15) is 39.5 Å². The van der Waals surface area contributed by atoms with E-state index >= 15 is 0 Å². The molecule has 0 amide bonds. The van der Waals surface area contributed by atoms with E-state index in [1.54, 1.807) is 0 Å². The summed E-state index contributed by atoms with van der Waals surface area (Å²) < 4.78 is 0. The first-order valence-corrected chi connectivity index (χ1v) is 4.59. The van der Waals surface area contributed by atoms with Gasteiger partial charge >= 0.3 is 0 Å². The van der Waals surface area contributed by atoms with Crippen LogP contribution in [-0.2, 0) is 0 Å². The van der Waals surface area contributed by atoms with E-state index in [0.717, 1.165) is 0 Å². The van der Waals surface area contributed by atoms with Crippen LogP contribution in [-0.4, -0.2) is 0 Å². The first kappa shape index (κ1) is 8.58. The molecule has 0 nitrogen and oxygen atoms in total. The van der Waals surface area contributed by atoms with Crippen molar-refractivity contribution < 1.29 is 0 Å². The lowest BCUT2D eigenvalue weighted by molar-refractivity contribution is 0.414. The predicted octanol–water partition coefficient (Wildman–Crippen LogP) is 3.70. The summed E-state index contributed by atoms with van der Waals surface area (Å²) in [5.74, 6) is 0. The summed E-state index contributed by atoms with van der Waals surface area (Å²) in [7, 11) is 0. The number of rotatable bonds is 1. The van der Waals surface area contributed by atoms with Crippen molar-refractivity contribution in [2.45, 2.75) is 39.5 Å². The molecule has 1 aliphatic carbocycles. The summed E-state index contributed by atoms with van der Waals surface area (Å²) in [4.78, 5) is 0. The molecular weight excluding hydrogens is 132 g/mol. The molecule has 62 valence electrons. The quantitative estimate of drug-likeness (QED) is 0.500. The maximum atomic E-state index is 2.39. The monoisotopic (exact) mass is 150 g/mol. The molecule has 0 aromatic carbocycles. The number of allylic oxidation sites excluding steroid dienone is 4. The molecule has 0 saturated heterocycles. The van der Waals surface area contributed by atoms with Crippen LogP contribution in [0, 0.1) is 5.41 Å². The van der Waals surface area contributed by atoms with Crippen LogP contribution in [0.5, 0.6) is 0 Å². The van der Waals surface area contributed by atoms with Gasteiger partial charge in [-0.1, -0.05) is 38.2 Å². The minimum Gasteiger partial charge on any atom is -0.0882 e. The summed E-state index contributed by atoms with van der Waals surface area (Å²) in [5.41, 5.74) is 0.428. The van der Waals surface area contributed by atoms with E-state index in [0.29, 0.717) is 5.41 Å². The van der Waals surface area contributed by atoms with Gasteiger partial charge in [0.1, 0.15) is 0 Å². The molecule has 0 saturated carbocycles. The minimum absolute atomic E-state index is 0.428. The van der Waals surface area contributed by atoms with Gasteiger partial charge in [0.25, 0.3) is 0 Å². The van der Waals surface area contributed by atoms with Crippen LogP contribution in [0.15, 0.2) is 24.3 Å². The lowest BCUT2D eigenvalue weighted by Crippen LogP contribution is -2.10. The van der Waals surface area contributed by atoms with Crippen LogP contribution in [0.2, 0.25) is 0 Å². The Hall–Kier alpha value is -0.520. The maximum Gasteiger partial charge on any atom is -0.0115 e. The average Bonchev–Trinajstić information content (AvgIpc) is 1.98. The first-order valence-electron chi connectivity index (χ1n) is 4.59. The molecule has 1 rings (SSSR count). The second-order valence-corrected chi connectivity index (χ2v) is 3.66. The fourth-order valence-electron chi connectivity index (χ4n) is 1.36. The van der Waals surface area contributed by atoms with Crippen molar-refractivity contribution in [3.8, 4) is 0 Å². The van der Waals surface area contributed by atoms with Crippen LogP contribution in [0.3, 0.4) is 0 Å². The Morgan fingerprint density at radius 3 is 2.64 bits per heavy atom. The Kier molecular flexibility index (Phi) is 2.92. The molecule has 0 bridgehead atoms. The summed E-state index contributed by atoms with van der Waals surface area (Å²) in [5, 5.41) is 0. The molecule has 0 spiro atoms. The van der Waals surface area contributed by atoms with Gasteiger partial charge in [-0.25, -0.2) is 0 Å². The molecule has 1 unspecified atom stereocenters. The zero-order chi connectivity index (χ0) is 8.16. The lowest BCUT2D eigenvalue weighted by Gasteiger charge is -2.23. The average molecular weight is 150 g/mol. The lowest BCUT2D eigenvalue weighted by atomic mass is 9.82. The first-order chi connectivity index (χ1) is 5.27. The second kappa shape index (κ2) is 3.75. The van der Waals surface area contributed by atoms with E-state index in [1.165, 1.54) is 25.7 Å². The van der Waals surface area contributed by atoms with Crippen molar-refractivity contribution >= 4 is 0 Å². The Morgan fingerprint density at radius 1 is 1.18 bits per heavy atom. The van der Waals surface area contributed by atoms with E-state index < -0.39 is 0 Å². The fourth-order valence-corrected chi connectivity index (χ4v) is 1.36. The molecule has 1 aliphatic rings. The SMILES string of the molecule is CCC1(C)C=CCCC=CC1. The maximum absolute atomic E-state index is 2.39. The normalized spacial score (nSPS) is 31.5. The van der Waals surface area contributed by atoms with Crippen LogP contribution >= 0.6 is 0 Å². The highest BCUT2D eigenvalue weighted by atomic mass is 14.2. The smallest absolute Gasteiger partial charge is 0.0115 e. The molecule has 0 aliphatic heterocycles.